The number of unbranched alkanes of at least 4 members (excludes halogenated alkanes) is 1. The van der Waals surface area contributed by atoms with Gasteiger partial charge in [0.15, 0.2) is 11.5 Å². The molecule has 0 atom stereocenters. The Morgan fingerprint density at radius 2 is 2.11 bits per heavy atom. The molecular formula is C22H24N2O3S. The summed E-state index contributed by atoms with van der Waals surface area (Å²) >= 11 is 1.69. The van der Waals surface area contributed by atoms with Crippen LogP contribution in [0, 0.1) is 0 Å². The van der Waals surface area contributed by atoms with Crippen molar-refractivity contribution in [3.8, 4) is 22.6 Å². The zero-order valence-electron chi connectivity index (χ0n) is 15.7. The number of carbonyl (C=O) groups is 1. The lowest BCUT2D eigenvalue weighted by Gasteiger charge is -2.20. The molecule has 2 heterocycles. The number of phenols is 1. The number of hydrogen-bond donors (Lipinski definition) is 2. The molecule has 0 unspecified atom stereocenters. The summed E-state index contributed by atoms with van der Waals surface area (Å²) in [6.07, 6.45) is 2.14. The van der Waals surface area contributed by atoms with E-state index in [1.165, 1.54) is 4.70 Å². The lowest BCUT2D eigenvalue weighted by Crippen LogP contribution is -2.32. The molecule has 0 saturated heterocycles. The van der Waals surface area contributed by atoms with Gasteiger partial charge in [0.05, 0.1) is 6.54 Å². The molecule has 4 rings (SSSR count). The molecule has 1 aliphatic heterocycles. The molecule has 5 nitrogen and oxygen atoms in total. The lowest BCUT2D eigenvalue weighted by molar-refractivity contribution is -0.132. The Morgan fingerprint density at radius 1 is 1.25 bits per heavy atom. The second kappa shape index (κ2) is 8.20. The van der Waals surface area contributed by atoms with Crippen LogP contribution in [0.5, 0.6) is 11.5 Å². The smallest absolute Gasteiger partial charge is 0.222 e. The number of ether oxygens (including phenoxy) is 1. The Hall–Kier alpha value is -2.57. The second-order valence-corrected chi connectivity index (χ2v) is 7.95. The SMILES string of the molecule is NCCCCC(=O)N1CCOc2c(O)cc(-c3csc4ccccc34)cc2C1. The molecule has 0 radical (unpaired) electrons. The Labute approximate surface area is 168 Å². The second-order valence-electron chi connectivity index (χ2n) is 7.04. The number of rotatable bonds is 5. The summed E-state index contributed by atoms with van der Waals surface area (Å²) in [5.41, 5.74) is 8.40. The van der Waals surface area contributed by atoms with E-state index >= 15 is 0 Å². The molecule has 0 spiro atoms. The van der Waals surface area contributed by atoms with Crippen molar-refractivity contribution in [1.29, 1.82) is 0 Å². The highest BCUT2D eigenvalue weighted by Crippen LogP contribution is 2.41. The van der Waals surface area contributed by atoms with Gasteiger partial charge >= 0.3 is 0 Å². The number of hydrogen-bond acceptors (Lipinski definition) is 5. The topological polar surface area (TPSA) is 75.8 Å². The molecule has 1 aliphatic rings. The highest BCUT2D eigenvalue weighted by molar-refractivity contribution is 7.17. The van der Waals surface area contributed by atoms with E-state index in [-0.39, 0.29) is 11.7 Å². The number of thiophene rings is 1. The Morgan fingerprint density at radius 3 is 2.96 bits per heavy atom. The van der Waals surface area contributed by atoms with E-state index in [1.54, 1.807) is 17.4 Å². The maximum absolute atomic E-state index is 12.6. The van der Waals surface area contributed by atoms with Gasteiger partial charge in [0, 0.05) is 34.2 Å². The summed E-state index contributed by atoms with van der Waals surface area (Å²) in [7, 11) is 0. The Kier molecular flexibility index (Phi) is 5.50. The van der Waals surface area contributed by atoms with Gasteiger partial charge in [-0.3, -0.25) is 4.79 Å². The number of benzene rings is 2. The van der Waals surface area contributed by atoms with Crippen LogP contribution < -0.4 is 10.5 Å². The van der Waals surface area contributed by atoms with Crippen LogP contribution in [0.25, 0.3) is 21.2 Å². The minimum absolute atomic E-state index is 0.107. The van der Waals surface area contributed by atoms with Gasteiger partial charge in [0.1, 0.15) is 6.61 Å². The van der Waals surface area contributed by atoms with E-state index in [9.17, 15) is 9.90 Å². The lowest BCUT2D eigenvalue weighted by atomic mass is 10.0. The highest BCUT2D eigenvalue weighted by Gasteiger charge is 2.23. The number of nitrogens with two attached hydrogens (primary N) is 1. The molecule has 28 heavy (non-hydrogen) atoms. The zero-order valence-corrected chi connectivity index (χ0v) is 16.5. The van der Waals surface area contributed by atoms with Crippen molar-refractivity contribution in [2.75, 3.05) is 19.7 Å². The van der Waals surface area contributed by atoms with Crippen molar-refractivity contribution < 1.29 is 14.6 Å². The first-order chi connectivity index (χ1) is 13.7. The fourth-order valence-corrected chi connectivity index (χ4v) is 4.62. The average Bonchev–Trinajstić information content (AvgIpc) is 3.00. The van der Waals surface area contributed by atoms with Gasteiger partial charge in [-0.25, -0.2) is 0 Å². The molecule has 0 saturated carbocycles. The van der Waals surface area contributed by atoms with Crippen molar-refractivity contribution in [2.24, 2.45) is 5.73 Å². The molecule has 146 valence electrons. The summed E-state index contributed by atoms with van der Waals surface area (Å²) in [5.74, 6) is 0.719. The maximum Gasteiger partial charge on any atom is 0.222 e. The van der Waals surface area contributed by atoms with Crippen molar-refractivity contribution in [3.05, 3.63) is 47.3 Å². The molecule has 0 aliphatic carbocycles. The van der Waals surface area contributed by atoms with Gasteiger partial charge in [-0.15, -0.1) is 11.3 Å². The number of aromatic hydroxyl groups is 1. The van der Waals surface area contributed by atoms with E-state index in [4.69, 9.17) is 10.5 Å². The van der Waals surface area contributed by atoms with Gasteiger partial charge in [-0.1, -0.05) is 18.2 Å². The normalized spacial score (nSPS) is 13.8. The summed E-state index contributed by atoms with van der Waals surface area (Å²) in [5, 5.41) is 13.9. The first kappa shape index (κ1) is 18.8. The van der Waals surface area contributed by atoms with Crippen molar-refractivity contribution in [2.45, 2.75) is 25.8 Å². The largest absolute Gasteiger partial charge is 0.504 e. The number of fused-ring (bicyclic) bond motifs is 2. The monoisotopic (exact) mass is 396 g/mol. The number of amides is 1. The van der Waals surface area contributed by atoms with Crippen LogP contribution in [0.4, 0.5) is 0 Å². The average molecular weight is 397 g/mol. The van der Waals surface area contributed by atoms with Crippen molar-refractivity contribution >= 4 is 27.3 Å². The van der Waals surface area contributed by atoms with Gasteiger partial charge in [0.25, 0.3) is 0 Å². The van der Waals surface area contributed by atoms with Crippen LogP contribution in [0.1, 0.15) is 24.8 Å². The Bertz CT molecular complexity index is 999. The van der Waals surface area contributed by atoms with Gasteiger partial charge < -0.3 is 20.5 Å². The van der Waals surface area contributed by atoms with Crippen LogP contribution in [0.3, 0.4) is 0 Å². The van der Waals surface area contributed by atoms with Gasteiger partial charge in [-0.2, -0.15) is 0 Å². The molecule has 0 fully saturated rings. The van der Waals surface area contributed by atoms with Crippen molar-refractivity contribution in [3.63, 3.8) is 0 Å². The third kappa shape index (κ3) is 3.70. The molecule has 1 amide bonds. The fraction of sp³-hybridized carbons (Fsp3) is 0.318. The summed E-state index contributed by atoms with van der Waals surface area (Å²) in [6.45, 7) is 1.95. The minimum Gasteiger partial charge on any atom is -0.504 e. The van der Waals surface area contributed by atoms with Crippen molar-refractivity contribution in [1.82, 2.24) is 4.90 Å². The van der Waals surface area contributed by atoms with Crippen LogP contribution in [-0.4, -0.2) is 35.6 Å². The first-order valence-electron chi connectivity index (χ1n) is 9.60. The quantitative estimate of drug-likeness (QED) is 0.636. The summed E-state index contributed by atoms with van der Waals surface area (Å²) in [4.78, 5) is 14.4. The van der Waals surface area contributed by atoms with E-state index in [1.807, 2.05) is 23.1 Å². The van der Waals surface area contributed by atoms with E-state index in [2.05, 4.69) is 17.5 Å². The summed E-state index contributed by atoms with van der Waals surface area (Å²) in [6, 6.07) is 12.0. The Balaban J connectivity index is 1.65. The maximum atomic E-state index is 12.6. The van der Waals surface area contributed by atoms with Crippen LogP contribution in [0.15, 0.2) is 41.8 Å². The van der Waals surface area contributed by atoms with Crippen LogP contribution in [-0.2, 0) is 11.3 Å². The fourth-order valence-electron chi connectivity index (χ4n) is 3.65. The standard InChI is InChI=1S/C22H24N2O3S/c23-8-4-3-7-21(26)24-9-10-27-22-16(13-24)11-15(12-19(22)25)18-14-28-20-6-2-1-5-17(18)20/h1-2,5-6,11-12,14,25H,3-4,7-10,13,23H2. The third-order valence-corrected chi connectivity index (χ3v) is 6.07. The van der Waals surface area contributed by atoms with Gasteiger partial charge in [-0.05, 0) is 48.5 Å². The predicted octanol–water partition coefficient (Wildman–Crippen LogP) is 4.12. The number of phenolic OH excluding ortho intramolecular Hbond substituents is 1. The van der Waals surface area contributed by atoms with E-state index in [0.29, 0.717) is 38.4 Å². The summed E-state index contributed by atoms with van der Waals surface area (Å²) < 4.78 is 6.99. The molecule has 2 aromatic carbocycles. The molecule has 3 aromatic rings. The predicted molar refractivity (Wildman–Crippen MR) is 113 cm³/mol. The molecule has 1 aromatic heterocycles. The first-order valence-corrected chi connectivity index (χ1v) is 10.5. The minimum atomic E-state index is 0.107. The zero-order chi connectivity index (χ0) is 19.5. The molecule has 6 heteroatoms. The highest BCUT2D eigenvalue weighted by atomic mass is 32.1. The van der Waals surface area contributed by atoms with Gasteiger partial charge in [0.2, 0.25) is 5.91 Å². The van der Waals surface area contributed by atoms with Crippen LogP contribution in [0.2, 0.25) is 0 Å². The molecule has 0 bridgehead atoms. The third-order valence-electron chi connectivity index (χ3n) is 5.10. The molecular weight excluding hydrogens is 372 g/mol. The number of carbonyl (C=O) groups excluding carboxylic acids is 1. The molecule has 3 N–H and O–H groups in total. The van der Waals surface area contributed by atoms with Crippen LogP contribution >= 0.6 is 11.3 Å². The van der Waals surface area contributed by atoms with E-state index < -0.39 is 0 Å². The van der Waals surface area contributed by atoms with E-state index in [0.717, 1.165) is 34.9 Å². The number of nitrogens with zero attached hydrogens (tertiary/aromatic N) is 1.